The van der Waals surface area contributed by atoms with Crippen LogP contribution in [-0.4, -0.2) is 5.78 Å². The molecule has 0 radical (unpaired) electrons. The zero-order valence-electron chi connectivity index (χ0n) is 10.3. The molecule has 0 saturated carbocycles. The summed E-state index contributed by atoms with van der Waals surface area (Å²) >= 11 is 0. The van der Waals surface area contributed by atoms with Crippen LogP contribution in [0.1, 0.15) is 28.8 Å². The average molecular weight is 236 g/mol. The van der Waals surface area contributed by atoms with Gasteiger partial charge >= 0.3 is 0 Å². The van der Waals surface area contributed by atoms with Crippen LogP contribution in [0.3, 0.4) is 0 Å². The molecule has 0 aromatic heterocycles. The van der Waals surface area contributed by atoms with E-state index < -0.39 is 0 Å². The normalized spacial score (nSPS) is 10.7. The Morgan fingerprint density at radius 2 is 1.50 bits per heavy atom. The zero-order valence-corrected chi connectivity index (χ0v) is 10.3. The Labute approximate surface area is 108 Å². The Balaban J connectivity index is 1.83. The van der Waals surface area contributed by atoms with Gasteiger partial charge in [-0.05, 0) is 12.0 Å². The molecular weight excluding hydrogens is 220 g/mol. The number of hydrogen-bond donors (Lipinski definition) is 0. The van der Waals surface area contributed by atoms with E-state index >= 15 is 0 Å². The molecule has 90 valence electrons. The van der Waals surface area contributed by atoms with E-state index in [1.54, 1.807) is 0 Å². The highest BCUT2D eigenvalue weighted by Crippen LogP contribution is 2.07. The second-order valence-corrected chi connectivity index (χ2v) is 4.14. The summed E-state index contributed by atoms with van der Waals surface area (Å²) in [5, 5.41) is 0. The van der Waals surface area contributed by atoms with Crippen LogP contribution < -0.4 is 0 Å². The highest BCUT2D eigenvalue weighted by Gasteiger charge is 2.02. The van der Waals surface area contributed by atoms with Gasteiger partial charge in [0.25, 0.3) is 0 Å². The molecule has 0 aliphatic heterocycles. The smallest absolute Gasteiger partial charge is 0.163 e. The van der Waals surface area contributed by atoms with Crippen LogP contribution in [0.15, 0.2) is 66.7 Å². The van der Waals surface area contributed by atoms with Gasteiger partial charge in [0.05, 0.1) is 0 Å². The summed E-state index contributed by atoms with van der Waals surface area (Å²) in [5.41, 5.74) is 1.97. The predicted molar refractivity (Wildman–Crippen MR) is 75.5 cm³/mol. The summed E-state index contributed by atoms with van der Waals surface area (Å²) in [5.74, 6) is 0.202. The summed E-state index contributed by atoms with van der Waals surface area (Å²) in [4.78, 5) is 11.8. The van der Waals surface area contributed by atoms with Crippen molar-refractivity contribution in [1.29, 1.82) is 0 Å². The molecule has 0 atom stereocenters. The maximum Gasteiger partial charge on any atom is 0.163 e. The van der Waals surface area contributed by atoms with Crippen molar-refractivity contribution in [1.82, 2.24) is 0 Å². The van der Waals surface area contributed by atoms with Crippen molar-refractivity contribution in [3.63, 3.8) is 0 Å². The summed E-state index contributed by atoms with van der Waals surface area (Å²) in [7, 11) is 0. The fourth-order valence-corrected chi connectivity index (χ4v) is 1.77. The molecule has 2 aromatic rings. The van der Waals surface area contributed by atoms with Crippen LogP contribution in [-0.2, 0) is 0 Å². The van der Waals surface area contributed by atoms with E-state index in [9.17, 15) is 4.79 Å². The molecule has 0 aliphatic carbocycles. The molecule has 2 rings (SSSR count). The second kappa shape index (κ2) is 6.55. The third-order valence-electron chi connectivity index (χ3n) is 2.74. The molecule has 1 nitrogen and oxygen atoms in total. The van der Waals surface area contributed by atoms with Crippen molar-refractivity contribution in [2.45, 2.75) is 12.8 Å². The number of hydrogen-bond acceptors (Lipinski definition) is 1. The molecule has 0 unspecified atom stereocenters. The molecule has 1 heteroatoms. The first kappa shape index (κ1) is 12.3. The molecule has 2 aromatic carbocycles. The largest absolute Gasteiger partial charge is 0.294 e. The lowest BCUT2D eigenvalue weighted by molar-refractivity contribution is 0.0984. The Morgan fingerprint density at radius 3 is 2.17 bits per heavy atom. The molecule has 0 saturated heterocycles. The van der Waals surface area contributed by atoms with Gasteiger partial charge in [0.15, 0.2) is 5.78 Å². The first-order chi connectivity index (χ1) is 8.86. The van der Waals surface area contributed by atoms with Crippen molar-refractivity contribution < 1.29 is 4.79 Å². The molecule has 0 N–H and O–H groups in total. The van der Waals surface area contributed by atoms with Crippen LogP contribution in [0, 0.1) is 0 Å². The molecule has 0 bridgehead atoms. The lowest BCUT2D eigenvalue weighted by Gasteiger charge is -1.97. The Kier molecular flexibility index (Phi) is 4.48. The molecule has 0 spiro atoms. The van der Waals surface area contributed by atoms with Gasteiger partial charge in [-0.15, -0.1) is 0 Å². The van der Waals surface area contributed by atoms with Crippen molar-refractivity contribution in [3.05, 3.63) is 77.9 Å². The van der Waals surface area contributed by atoms with E-state index in [0.29, 0.717) is 6.42 Å². The van der Waals surface area contributed by atoms with Gasteiger partial charge in [-0.25, -0.2) is 0 Å². The van der Waals surface area contributed by atoms with Gasteiger partial charge < -0.3 is 0 Å². The maximum atomic E-state index is 11.8. The molecule has 18 heavy (non-hydrogen) atoms. The lowest BCUT2D eigenvalue weighted by Crippen LogP contribution is -1.97. The van der Waals surface area contributed by atoms with Gasteiger partial charge in [0, 0.05) is 12.0 Å². The number of ketones is 1. The van der Waals surface area contributed by atoms with Crippen molar-refractivity contribution >= 4 is 11.9 Å². The van der Waals surface area contributed by atoms with Gasteiger partial charge in [-0.1, -0.05) is 72.8 Å². The van der Waals surface area contributed by atoms with Crippen molar-refractivity contribution in [3.8, 4) is 0 Å². The number of carbonyl (C=O) groups is 1. The summed E-state index contributed by atoms with van der Waals surface area (Å²) in [6.45, 7) is 0. The highest BCUT2D eigenvalue weighted by atomic mass is 16.1. The van der Waals surface area contributed by atoms with Gasteiger partial charge in [-0.2, -0.15) is 0 Å². The van der Waals surface area contributed by atoms with Crippen LogP contribution in [0.2, 0.25) is 0 Å². The molecule has 0 aliphatic rings. The zero-order chi connectivity index (χ0) is 12.6. The summed E-state index contributed by atoms with van der Waals surface area (Å²) < 4.78 is 0. The van der Waals surface area contributed by atoms with Crippen LogP contribution in [0.25, 0.3) is 6.08 Å². The van der Waals surface area contributed by atoms with E-state index in [1.807, 2.05) is 48.5 Å². The maximum absolute atomic E-state index is 11.8. The first-order valence-corrected chi connectivity index (χ1v) is 6.16. The van der Waals surface area contributed by atoms with Gasteiger partial charge in [0.1, 0.15) is 0 Å². The first-order valence-electron chi connectivity index (χ1n) is 6.16. The number of carbonyl (C=O) groups excluding carboxylic acids is 1. The molecule has 0 amide bonds. The molecule has 0 fully saturated rings. The minimum atomic E-state index is 0.202. The second-order valence-electron chi connectivity index (χ2n) is 4.14. The highest BCUT2D eigenvalue weighted by molar-refractivity contribution is 5.96. The fourth-order valence-electron chi connectivity index (χ4n) is 1.77. The summed E-state index contributed by atoms with van der Waals surface area (Å²) in [6, 6.07) is 19.6. The van der Waals surface area contributed by atoms with Gasteiger partial charge in [0.2, 0.25) is 0 Å². The van der Waals surface area contributed by atoms with E-state index in [2.05, 4.69) is 24.3 Å². The number of rotatable bonds is 5. The number of allylic oxidation sites excluding steroid dienone is 1. The number of benzene rings is 2. The minimum Gasteiger partial charge on any atom is -0.294 e. The predicted octanol–water partition coefficient (Wildman–Crippen LogP) is 4.36. The minimum absolute atomic E-state index is 0.202. The van der Waals surface area contributed by atoms with Crippen molar-refractivity contribution in [2.75, 3.05) is 0 Å². The standard InChI is InChI=1S/C17H16O/c18-17(16-12-5-2-6-13-16)14-8-7-11-15-9-3-1-4-10-15/h1-7,9-13H,8,14H2/b11-7-. The van der Waals surface area contributed by atoms with E-state index in [0.717, 1.165) is 12.0 Å². The molecular formula is C17H16O. The SMILES string of the molecule is O=C(CC/C=C\c1ccccc1)c1ccccc1. The Hall–Kier alpha value is -2.15. The van der Waals surface area contributed by atoms with Crippen LogP contribution >= 0.6 is 0 Å². The Bertz CT molecular complexity index is 512. The van der Waals surface area contributed by atoms with E-state index in [1.165, 1.54) is 5.56 Å². The monoisotopic (exact) mass is 236 g/mol. The number of Topliss-reactive ketones (excluding diaryl/α,β-unsaturated/α-hetero) is 1. The van der Waals surface area contributed by atoms with Crippen molar-refractivity contribution in [2.24, 2.45) is 0 Å². The quantitative estimate of drug-likeness (QED) is 0.705. The van der Waals surface area contributed by atoms with Gasteiger partial charge in [-0.3, -0.25) is 4.79 Å². The van der Waals surface area contributed by atoms with E-state index in [4.69, 9.17) is 0 Å². The lowest BCUT2D eigenvalue weighted by atomic mass is 10.1. The average Bonchev–Trinajstić information content (AvgIpc) is 2.45. The summed E-state index contributed by atoms with van der Waals surface area (Å²) in [6.07, 6.45) is 5.45. The molecule has 0 heterocycles. The van der Waals surface area contributed by atoms with E-state index in [-0.39, 0.29) is 5.78 Å². The topological polar surface area (TPSA) is 17.1 Å². The van der Waals surface area contributed by atoms with Crippen LogP contribution in [0.5, 0.6) is 0 Å². The third kappa shape index (κ3) is 3.70. The van der Waals surface area contributed by atoms with Crippen LogP contribution in [0.4, 0.5) is 0 Å². The Morgan fingerprint density at radius 1 is 0.889 bits per heavy atom. The third-order valence-corrected chi connectivity index (χ3v) is 2.74. The fraction of sp³-hybridized carbons (Fsp3) is 0.118.